The zero-order valence-electron chi connectivity index (χ0n) is 11.7. The highest BCUT2D eigenvalue weighted by Gasteiger charge is 2.60. The summed E-state index contributed by atoms with van der Waals surface area (Å²) in [4.78, 5) is 32.8. The molecule has 1 heterocycles. The van der Waals surface area contributed by atoms with Crippen molar-refractivity contribution in [3.63, 3.8) is 0 Å². The zero-order valence-corrected chi connectivity index (χ0v) is 11.7. The number of carbonyl (C=O) groups excluding carboxylic acids is 2. The van der Waals surface area contributed by atoms with Crippen LogP contribution in [0.3, 0.4) is 0 Å². The molecule has 1 saturated heterocycles. The highest BCUT2D eigenvalue weighted by Crippen LogP contribution is 2.55. The molecule has 1 aliphatic rings. The highest BCUT2D eigenvalue weighted by atomic mass is 17.7. The van der Waals surface area contributed by atoms with E-state index < -0.39 is 28.2 Å². The lowest BCUT2D eigenvalue weighted by molar-refractivity contribution is -0.605. The van der Waals surface area contributed by atoms with Gasteiger partial charge in [-0.2, -0.15) is 0 Å². The number of carbonyl (C=O) groups is 2. The van der Waals surface area contributed by atoms with Gasteiger partial charge >= 0.3 is 11.9 Å². The summed E-state index contributed by atoms with van der Waals surface area (Å²) in [5.74, 6) is -1.31. The van der Waals surface area contributed by atoms with Gasteiger partial charge in [-0.3, -0.25) is 9.78 Å². The molecule has 0 unspecified atom stereocenters. The van der Waals surface area contributed by atoms with Crippen molar-refractivity contribution in [2.75, 3.05) is 0 Å². The molecule has 0 aromatic heterocycles. The van der Waals surface area contributed by atoms with Crippen molar-refractivity contribution in [1.82, 2.24) is 0 Å². The van der Waals surface area contributed by atoms with Crippen molar-refractivity contribution in [2.24, 2.45) is 16.2 Å². The summed E-state index contributed by atoms with van der Waals surface area (Å²) >= 11 is 0. The van der Waals surface area contributed by atoms with Gasteiger partial charge in [0.1, 0.15) is 0 Å². The first-order valence-corrected chi connectivity index (χ1v) is 5.77. The Hall–Kier alpha value is -1.14. The third-order valence-corrected chi connectivity index (χ3v) is 3.58. The molecule has 18 heavy (non-hydrogen) atoms. The molecule has 0 saturated carbocycles. The van der Waals surface area contributed by atoms with Gasteiger partial charge in [-0.1, -0.05) is 41.5 Å². The van der Waals surface area contributed by atoms with Gasteiger partial charge in [0, 0.05) is 10.1 Å². The molecule has 0 bridgehead atoms. The maximum Gasteiger partial charge on any atom is 0.353 e. The van der Waals surface area contributed by atoms with E-state index in [1.54, 1.807) is 0 Å². The second kappa shape index (κ2) is 4.51. The van der Waals surface area contributed by atoms with E-state index in [0.29, 0.717) is 0 Å². The number of hydrogen-bond donors (Lipinski definition) is 0. The van der Waals surface area contributed by atoms with Crippen molar-refractivity contribution in [2.45, 2.75) is 48.0 Å². The topological polar surface area (TPSA) is 71.1 Å². The summed E-state index contributed by atoms with van der Waals surface area (Å²) in [7, 11) is 0. The predicted molar refractivity (Wildman–Crippen MR) is 60.3 cm³/mol. The van der Waals surface area contributed by atoms with Crippen molar-refractivity contribution in [1.29, 1.82) is 0 Å². The molecule has 6 nitrogen and oxygen atoms in total. The van der Waals surface area contributed by atoms with Crippen molar-refractivity contribution >= 4 is 11.9 Å². The van der Waals surface area contributed by atoms with Gasteiger partial charge < -0.3 is 0 Å². The van der Waals surface area contributed by atoms with Crippen LogP contribution < -0.4 is 0 Å². The van der Waals surface area contributed by atoms with Crippen LogP contribution in [0.4, 0.5) is 0 Å². The van der Waals surface area contributed by atoms with Crippen LogP contribution >= 0.6 is 0 Å². The summed E-state index contributed by atoms with van der Waals surface area (Å²) in [5, 5.41) is 8.09. The highest BCUT2D eigenvalue weighted by molar-refractivity contribution is 5.84. The SMILES string of the molecule is CC(C)(C)C1(C(C)(C)C)CC(=O)OOOOC1=O. The van der Waals surface area contributed by atoms with E-state index in [1.165, 1.54) is 0 Å². The normalized spacial score (nSPS) is 21.7. The molecule has 0 N–H and O–H groups in total. The molecule has 104 valence electrons. The smallest absolute Gasteiger partial charge is 0.266 e. The standard InChI is InChI=1S/C12H20O6/c1-10(2,3)12(11(4,5)6)7-8(13)15-17-18-16-9(12)14/h7H2,1-6H3. The van der Waals surface area contributed by atoms with Crippen LogP contribution in [0, 0.1) is 16.2 Å². The molecule has 1 rings (SSSR count). The minimum absolute atomic E-state index is 0.137. The zero-order chi connectivity index (χ0) is 14.2. The van der Waals surface area contributed by atoms with Crippen molar-refractivity contribution < 1.29 is 29.4 Å². The van der Waals surface area contributed by atoms with E-state index in [0.717, 1.165) is 0 Å². The van der Waals surface area contributed by atoms with E-state index in [2.05, 4.69) is 19.9 Å². The molecule has 0 aromatic carbocycles. The third-order valence-electron chi connectivity index (χ3n) is 3.58. The van der Waals surface area contributed by atoms with Gasteiger partial charge in [-0.25, -0.2) is 9.59 Å². The molecular weight excluding hydrogens is 240 g/mol. The quantitative estimate of drug-likeness (QED) is 0.622. The molecule has 0 radical (unpaired) electrons. The van der Waals surface area contributed by atoms with Crippen LogP contribution in [0.2, 0.25) is 0 Å². The molecule has 0 spiro atoms. The summed E-state index contributed by atoms with van der Waals surface area (Å²) in [6.45, 7) is 11.2. The van der Waals surface area contributed by atoms with E-state index in [4.69, 9.17) is 0 Å². The van der Waals surface area contributed by atoms with Crippen LogP contribution in [0.15, 0.2) is 0 Å². The van der Waals surface area contributed by atoms with Crippen LogP contribution in [0.5, 0.6) is 0 Å². The lowest BCUT2D eigenvalue weighted by Crippen LogP contribution is -2.55. The second-order valence-electron chi connectivity index (χ2n) is 6.54. The number of hydrogen-bond acceptors (Lipinski definition) is 6. The molecule has 6 heteroatoms. The Morgan fingerprint density at radius 3 is 1.78 bits per heavy atom. The first-order valence-electron chi connectivity index (χ1n) is 5.77. The van der Waals surface area contributed by atoms with E-state index in [9.17, 15) is 9.59 Å². The van der Waals surface area contributed by atoms with Gasteiger partial charge in [0.15, 0.2) is 0 Å². The van der Waals surface area contributed by atoms with Crippen molar-refractivity contribution in [3.05, 3.63) is 0 Å². The summed E-state index contributed by atoms with van der Waals surface area (Å²) < 4.78 is 0. The average Bonchev–Trinajstić information content (AvgIpc) is 2.14. The molecule has 0 amide bonds. The van der Waals surface area contributed by atoms with E-state index in [-0.39, 0.29) is 6.42 Å². The molecule has 0 atom stereocenters. The molecule has 1 fully saturated rings. The fraction of sp³-hybridized carbons (Fsp3) is 0.833. The third kappa shape index (κ3) is 2.35. The van der Waals surface area contributed by atoms with Gasteiger partial charge in [0.25, 0.3) is 0 Å². The first-order chi connectivity index (χ1) is 8.02. The Kier molecular flexibility index (Phi) is 3.74. The van der Waals surface area contributed by atoms with Crippen molar-refractivity contribution in [3.8, 4) is 0 Å². The van der Waals surface area contributed by atoms with Gasteiger partial charge in [0.05, 0.1) is 11.8 Å². The number of rotatable bonds is 0. The van der Waals surface area contributed by atoms with Crippen LogP contribution in [-0.2, 0) is 29.4 Å². The maximum absolute atomic E-state index is 12.3. The predicted octanol–water partition coefficient (Wildman–Crippen LogP) is 2.33. The fourth-order valence-electron chi connectivity index (χ4n) is 2.75. The maximum atomic E-state index is 12.3. The molecular formula is C12H20O6. The second-order valence-corrected chi connectivity index (χ2v) is 6.54. The average molecular weight is 260 g/mol. The van der Waals surface area contributed by atoms with Crippen LogP contribution in [0.25, 0.3) is 0 Å². The Morgan fingerprint density at radius 2 is 1.33 bits per heavy atom. The lowest BCUT2D eigenvalue weighted by atomic mass is 9.52. The summed E-state index contributed by atoms with van der Waals surface area (Å²) in [5.41, 5.74) is -2.13. The molecule has 0 aliphatic carbocycles. The van der Waals surface area contributed by atoms with E-state index in [1.807, 2.05) is 41.5 Å². The first kappa shape index (κ1) is 14.9. The van der Waals surface area contributed by atoms with Gasteiger partial charge in [-0.05, 0) is 10.8 Å². The minimum Gasteiger partial charge on any atom is -0.266 e. The van der Waals surface area contributed by atoms with Crippen LogP contribution in [-0.4, -0.2) is 11.9 Å². The molecule has 1 aliphatic heterocycles. The Balaban J connectivity index is 3.35. The summed E-state index contributed by atoms with van der Waals surface area (Å²) in [6, 6.07) is 0. The largest absolute Gasteiger partial charge is 0.353 e. The Labute approximate surface area is 106 Å². The molecule has 0 aromatic rings. The fourth-order valence-corrected chi connectivity index (χ4v) is 2.75. The lowest BCUT2D eigenvalue weighted by Gasteiger charge is -2.50. The Morgan fingerprint density at radius 1 is 0.889 bits per heavy atom. The van der Waals surface area contributed by atoms with Crippen LogP contribution in [0.1, 0.15) is 48.0 Å². The van der Waals surface area contributed by atoms with E-state index >= 15 is 0 Å². The van der Waals surface area contributed by atoms with Gasteiger partial charge in [-0.15, -0.1) is 0 Å². The van der Waals surface area contributed by atoms with Gasteiger partial charge in [0.2, 0.25) is 0 Å². The summed E-state index contributed by atoms with van der Waals surface area (Å²) in [6.07, 6.45) is -0.137. The monoisotopic (exact) mass is 260 g/mol. The Bertz CT molecular complexity index is 333. The minimum atomic E-state index is -1.08.